The molecule has 0 N–H and O–H groups in total. The van der Waals surface area contributed by atoms with E-state index in [1.165, 1.54) is 24.4 Å². The Morgan fingerprint density at radius 3 is 2.78 bits per heavy atom. The molecule has 0 saturated carbocycles. The number of benzene rings is 1. The van der Waals surface area contributed by atoms with E-state index in [9.17, 15) is 9.18 Å². The van der Waals surface area contributed by atoms with Crippen molar-refractivity contribution < 1.29 is 9.18 Å². The van der Waals surface area contributed by atoms with Gasteiger partial charge in [0.2, 0.25) is 0 Å². The second-order valence-corrected chi connectivity index (χ2v) is 4.51. The summed E-state index contributed by atoms with van der Waals surface area (Å²) in [5, 5.41) is 4.29. The van der Waals surface area contributed by atoms with Gasteiger partial charge in [-0.05, 0) is 24.6 Å². The van der Waals surface area contributed by atoms with Crippen molar-refractivity contribution >= 4 is 17.4 Å². The Morgan fingerprint density at radius 2 is 2.22 bits per heavy atom. The molecule has 0 atom stereocenters. The summed E-state index contributed by atoms with van der Waals surface area (Å²) in [5.74, 6) is -0.483. The highest BCUT2D eigenvalue weighted by Crippen LogP contribution is 2.20. The molecule has 1 aromatic heterocycles. The zero-order valence-corrected chi connectivity index (χ0v) is 10.8. The lowest BCUT2D eigenvalue weighted by Gasteiger charge is -2.04. The second-order valence-electron chi connectivity index (χ2n) is 4.10. The number of nitrogens with zero attached hydrogens (tertiary/aromatic N) is 2. The van der Waals surface area contributed by atoms with Gasteiger partial charge in [0.25, 0.3) is 0 Å². The van der Waals surface area contributed by atoms with Crippen LogP contribution in [0.15, 0.2) is 24.4 Å². The Bertz CT molecular complexity index is 607. The highest BCUT2D eigenvalue weighted by molar-refractivity contribution is 6.31. The van der Waals surface area contributed by atoms with Gasteiger partial charge in [-0.15, -0.1) is 0 Å². The molecule has 2 rings (SSSR count). The first-order chi connectivity index (χ1) is 8.49. The normalized spacial score (nSPS) is 10.7. The van der Waals surface area contributed by atoms with Crippen molar-refractivity contribution in [1.82, 2.24) is 9.78 Å². The molecule has 0 spiro atoms. The van der Waals surface area contributed by atoms with Crippen LogP contribution in [0, 0.1) is 12.7 Å². The number of rotatable bonds is 3. The van der Waals surface area contributed by atoms with Crippen LogP contribution in [0.3, 0.4) is 0 Å². The monoisotopic (exact) mass is 266 g/mol. The van der Waals surface area contributed by atoms with Crippen LogP contribution in [0.2, 0.25) is 5.02 Å². The maximum absolute atomic E-state index is 12.9. The minimum Gasteiger partial charge on any atom is -0.294 e. The van der Waals surface area contributed by atoms with Crippen LogP contribution < -0.4 is 0 Å². The number of carbonyl (C=O) groups excluding carboxylic acids is 1. The molecule has 0 unspecified atom stereocenters. The molecule has 5 heteroatoms. The van der Waals surface area contributed by atoms with E-state index in [2.05, 4.69) is 5.10 Å². The number of aryl methyl sites for hydroxylation is 1. The highest BCUT2D eigenvalue weighted by atomic mass is 35.5. The standard InChI is InChI=1S/C13H12ClFN2O/c1-8-11(7-16-17(8)2)13(18)5-9-3-4-10(15)6-12(9)14/h3-4,6-7H,5H2,1-2H3. The van der Waals surface area contributed by atoms with E-state index >= 15 is 0 Å². The lowest BCUT2D eigenvalue weighted by Crippen LogP contribution is -2.06. The molecular formula is C13H12ClFN2O. The molecule has 18 heavy (non-hydrogen) atoms. The van der Waals surface area contributed by atoms with Crippen molar-refractivity contribution in [2.45, 2.75) is 13.3 Å². The van der Waals surface area contributed by atoms with Gasteiger partial charge in [0, 0.05) is 24.2 Å². The van der Waals surface area contributed by atoms with Crippen molar-refractivity contribution in [2.24, 2.45) is 7.05 Å². The molecule has 0 aliphatic rings. The van der Waals surface area contributed by atoms with Gasteiger partial charge in [0.15, 0.2) is 5.78 Å². The zero-order valence-electron chi connectivity index (χ0n) is 10.1. The molecule has 0 fully saturated rings. The Morgan fingerprint density at radius 1 is 1.50 bits per heavy atom. The topological polar surface area (TPSA) is 34.9 Å². The first kappa shape index (κ1) is 12.8. The summed E-state index contributed by atoms with van der Waals surface area (Å²) in [5.41, 5.74) is 1.99. The summed E-state index contributed by atoms with van der Waals surface area (Å²) in [7, 11) is 1.77. The molecule has 1 heterocycles. The maximum Gasteiger partial charge on any atom is 0.170 e. The average Bonchev–Trinajstić information content (AvgIpc) is 2.64. The average molecular weight is 267 g/mol. The Labute approximate surface area is 109 Å². The first-order valence-electron chi connectivity index (χ1n) is 5.44. The van der Waals surface area contributed by atoms with Crippen molar-refractivity contribution in [1.29, 1.82) is 0 Å². The molecule has 0 saturated heterocycles. The van der Waals surface area contributed by atoms with E-state index < -0.39 is 5.82 Å². The molecule has 3 nitrogen and oxygen atoms in total. The van der Waals surface area contributed by atoms with Crippen LogP contribution in [0.1, 0.15) is 21.6 Å². The van der Waals surface area contributed by atoms with Crippen molar-refractivity contribution in [3.05, 3.63) is 52.1 Å². The molecule has 0 radical (unpaired) electrons. The minimum atomic E-state index is -0.409. The lowest BCUT2D eigenvalue weighted by atomic mass is 10.0. The largest absolute Gasteiger partial charge is 0.294 e. The van der Waals surface area contributed by atoms with Crippen molar-refractivity contribution in [3.63, 3.8) is 0 Å². The Kier molecular flexibility index (Phi) is 3.48. The van der Waals surface area contributed by atoms with Crippen LogP contribution in [-0.2, 0) is 13.5 Å². The fourth-order valence-corrected chi connectivity index (χ4v) is 1.94. The summed E-state index contributed by atoms with van der Waals surface area (Å²) < 4.78 is 14.5. The van der Waals surface area contributed by atoms with Gasteiger partial charge >= 0.3 is 0 Å². The lowest BCUT2D eigenvalue weighted by molar-refractivity contribution is 0.0992. The quantitative estimate of drug-likeness (QED) is 0.801. The number of hydrogen-bond acceptors (Lipinski definition) is 2. The van der Waals surface area contributed by atoms with Gasteiger partial charge < -0.3 is 0 Å². The first-order valence-corrected chi connectivity index (χ1v) is 5.82. The van der Waals surface area contributed by atoms with Gasteiger partial charge in [-0.3, -0.25) is 9.48 Å². The van der Waals surface area contributed by atoms with E-state index in [0.29, 0.717) is 11.1 Å². The van der Waals surface area contributed by atoms with Gasteiger partial charge in [0.1, 0.15) is 5.82 Å². The summed E-state index contributed by atoms with van der Waals surface area (Å²) in [6.45, 7) is 1.83. The number of halogens is 2. The number of hydrogen-bond donors (Lipinski definition) is 0. The molecule has 0 bridgehead atoms. The Hall–Kier alpha value is -1.68. The third kappa shape index (κ3) is 2.43. The van der Waals surface area contributed by atoms with E-state index in [0.717, 1.165) is 5.69 Å². The van der Waals surface area contributed by atoms with Crippen LogP contribution >= 0.6 is 11.6 Å². The van der Waals surface area contributed by atoms with E-state index in [-0.39, 0.29) is 17.2 Å². The van der Waals surface area contributed by atoms with Crippen molar-refractivity contribution in [3.8, 4) is 0 Å². The Balaban J connectivity index is 2.24. The number of carbonyl (C=O) groups is 1. The summed E-state index contributed by atoms with van der Waals surface area (Å²) in [6.07, 6.45) is 1.68. The molecule has 94 valence electrons. The van der Waals surface area contributed by atoms with Gasteiger partial charge in [-0.25, -0.2) is 4.39 Å². The predicted molar refractivity (Wildman–Crippen MR) is 67.4 cm³/mol. The summed E-state index contributed by atoms with van der Waals surface area (Å²) >= 11 is 5.89. The van der Waals surface area contributed by atoms with Gasteiger partial charge in [0.05, 0.1) is 11.8 Å². The minimum absolute atomic E-state index is 0.0749. The van der Waals surface area contributed by atoms with E-state index in [1.807, 2.05) is 6.92 Å². The fourth-order valence-electron chi connectivity index (χ4n) is 1.71. The zero-order chi connectivity index (χ0) is 13.3. The summed E-state index contributed by atoms with van der Waals surface area (Å²) in [4.78, 5) is 12.1. The molecule has 0 aliphatic carbocycles. The van der Waals surface area contributed by atoms with Crippen LogP contribution in [-0.4, -0.2) is 15.6 Å². The van der Waals surface area contributed by atoms with Gasteiger partial charge in [-0.2, -0.15) is 5.10 Å². The number of ketones is 1. The molecule has 2 aromatic rings. The fraction of sp³-hybridized carbons (Fsp3) is 0.231. The smallest absolute Gasteiger partial charge is 0.170 e. The van der Waals surface area contributed by atoms with E-state index in [1.54, 1.807) is 11.7 Å². The molecule has 1 aromatic carbocycles. The van der Waals surface area contributed by atoms with Crippen LogP contribution in [0.25, 0.3) is 0 Å². The number of aromatic nitrogens is 2. The predicted octanol–water partition coefficient (Wildman–Crippen LogP) is 2.95. The third-order valence-corrected chi connectivity index (χ3v) is 3.25. The van der Waals surface area contributed by atoms with Crippen molar-refractivity contribution in [2.75, 3.05) is 0 Å². The number of Topliss-reactive ketones (excluding diaryl/α,β-unsaturated/α-hetero) is 1. The maximum atomic E-state index is 12.9. The second kappa shape index (κ2) is 4.90. The SMILES string of the molecule is Cc1c(C(=O)Cc2ccc(F)cc2Cl)cnn1C. The third-order valence-electron chi connectivity index (χ3n) is 2.90. The van der Waals surface area contributed by atoms with E-state index in [4.69, 9.17) is 11.6 Å². The molecular weight excluding hydrogens is 255 g/mol. The molecule has 0 amide bonds. The summed E-state index contributed by atoms with van der Waals surface area (Å²) in [6, 6.07) is 4.03. The molecule has 0 aliphatic heterocycles. The van der Waals surface area contributed by atoms with Crippen LogP contribution in [0.5, 0.6) is 0 Å². The van der Waals surface area contributed by atoms with Crippen LogP contribution in [0.4, 0.5) is 4.39 Å². The van der Waals surface area contributed by atoms with Gasteiger partial charge in [-0.1, -0.05) is 17.7 Å². The highest BCUT2D eigenvalue weighted by Gasteiger charge is 2.15.